The van der Waals surface area contributed by atoms with E-state index in [1.54, 1.807) is 0 Å². The lowest BCUT2D eigenvalue weighted by atomic mass is 10.4. The summed E-state index contributed by atoms with van der Waals surface area (Å²) >= 11 is 14.6. The summed E-state index contributed by atoms with van der Waals surface area (Å²) in [7, 11) is 0. The second-order valence-electron chi connectivity index (χ2n) is 2.36. The monoisotopic (exact) mass is 283 g/mol. The average molecular weight is 285 g/mol. The number of aryl methyl sites for hydroxylation is 1. The van der Waals surface area contributed by atoms with Gasteiger partial charge in [-0.15, -0.1) is 11.6 Å². The third-order valence-electron chi connectivity index (χ3n) is 1.38. The van der Waals surface area contributed by atoms with Gasteiger partial charge in [0.15, 0.2) is 0 Å². The van der Waals surface area contributed by atoms with Gasteiger partial charge in [0.2, 0.25) is 5.28 Å². The maximum absolute atomic E-state index is 5.68. The second-order valence-corrected chi connectivity index (χ2v) is 3.87. The van der Waals surface area contributed by atoms with Crippen molar-refractivity contribution in [3.05, 3.63) is 15.5 Å². The van der Waals surface area contributed by atoms with Crippen molar-refractivity contribution in [2.24, 2.45) is 0 Å². The molecule has 0 radical (unpaired) electrons. The Morgan fingerprint density at radius 2 is 2.15 bits per heavy atom. The molecule has 0 aliphatic carbocycles. The first-order valence-corrected chi connectivity index (χ1v) is 5.35. The molecule has 1 N–H and O–H groups in total. The molecule has 0 saturated carbocycles. The highest BCUT2D eigenvalue weighted by Crippen LogP contribution is 2.23. The fourth-order valence-corrected chi connectivity index (χ4v) is 1.43. The number of anilines is 1. The van der Waals surface area contributed by atoms with Crippen molar-refractivity contribution in [2.75, 3.05) is 17.7 Å². The minimum absolute atomic E-state index is 0.234. The van der Waals surface area contributed by atoms with Crippen LogP contribution in [0.4, 0.5) is 5.82 Å². The molecule has 13 heavy (non-hydrogen) atoms. The van der Waals surface area contributed by atoms with Crippen LogP contribution < -0.4 is 5.32 Å². The zero-order valence-corrected chi connectivity index (χ0v) is 10.0. The minimum atomic E-state index is 0.234. The standard InChI is InChI=1S/C7H8BrCl2N3/c1-4-5(8)6(11-3-2-9)13-7(10)12-4/h2-3H2,1H3,(H,11,12,13). The molecule has 1 aromatic rings. The molecule has 0 unspecified atom stereocenters. The largest absolute Gasteiger partial charge is 0.368 e. The van der Waals surface area contributed by atoms with Gasteiger partial charge in [0.1, 0.15) is 5.82 Å². The zero-order chi connectivity index (χ0) is 9.84. The molecule has 0 amide bonds. The van der Waals surface area contributed by atoms with Crippen LogP contribution in [0.2, 0.25) is 5.28 Å². The number of alkyl halides is 1. The lowest BCUT2D eigenvalue weighted by Crippen LogP contribution is -2.06. The van der Waals surface area contributed by atoms with Crippen LogP contribution in [-0.2, 0) is 0 Å². The van der Waals surface area contributed by atoms with Gasteiger partial charge >= 0.3 is 0 Å². The van der Waals surface area contributed by atoms with Crippen molar-refractivity contribution >= 4 is 44.9 Å². The molecule has 0 aliphatic rings. The fourth-order valence-electron chi connectivity index (χ4n) is 0.808. The Balaban J connectivity index is 2.92. The van der Waals surface area contributed by atoms with Crippen LogP contribution in [0.5, 0.6) is 0 Å². The lowest BCUT2D eigenvalue weighted by Gasteiger charge is -2.07. The highest BCUT2D eigenvalue weighted by Gasteiger charge is 2.06. The molecule has 72 valence electrons. The van der Waals surface area contributed by atoms with E-state index in [1.165, 1.54) is 0 Å². The van der Waals surface area contributed by atoms with Gasteiger partial charge < -0.3 is 5.32 Å². The third-order valence-corrected chi connectivity index (χ3v) is 2.68. The summed E-state index contributed by atoms with van der Waals surface area (Å²) < 4.78 is 0.821. The molecule has 0 fully saturated rings. The molecule has 1 rings (SSSR count). The number of nitrogens with zero attached hydrogens (tertiary/aromatic N) is 2. The zero-order valence-electron chi connectivity index (χ0n) is 6.94. The summed E-state index contributed by atoms with van der Waals surface area (Å²) in [6, 6.07) is 0. The summed E-state index contributed by atoms with van der Waals surface area (Å²) in [4.78, 5) is 7.99. The van der Waals surface area contributed by atoms with Crippen molar-refractivity contribution in [3.63, 3.8) is 0 Å². The van der Waals surface area contributed by atoms with Crippen LogP contribution in [0.1, 0.15) is 5.69 Å². The smallest absolute Gasteiger partial charge is 0.224 e. The van der Waals surface area contributed by atoms with E-state index in [-0.39, 0.29) is 5.28 Å². The molecule has 0 spiro atoms. The third kappa shape index (κ3) is 2.97. The minimum Gasteiger partial charge on any atom is -0.368 e. The Bertz CT molecular complexity index is 306. The molecule has 6 heteroatoms. The van der Waals surface area contributed by atoms with Crippen molar-refractivity contribution in [1.82, 2.24) is 9.97 Å². The van der Waals surface area contributed by atoms with Gasteiger partial charge in [-0.1, -0.05) is 0 Å². The lowest BCUT2D eigenvalue weighted by molar-refractivity contribution is 1.06. The van der Waals surface area contributed by atoms with Gasteiger partial charge in [0, 0.05) is 12.4 Å². The predicted molar refractivity (Wildman–Crippen MR) is 58.7 cm³/mol. The number of nitrogens with one attached hydrogen (secondary N) is 1. The summed E-state index contributed by atoms with van der Waals surface area (Å²) in [6.45, 7) is 2.50. The van der Waals surface area contributed by atoms with E-state index in [4.69, 9.17) is 23.2 Å². The van der Waals surface area contributed by atoms with Crippen LogP contribution in [0, 0.1) is 6.92 Å². The quantitative estimate of drug-likeness (QED) is 0.685. The Labute approximate surface area is 95.0 Å². The van der Waals surface area contributed by atoms with Crippen LogP contribution in [-0.4, -0.2) is 22.4 Å². The van der Waals surface area contributed by atoms with Gasteiger partial charge in [0.05, 0.1) is 10.2 Å². The van der Waals surface area contributed by atoms with Crippen molar-refractivity contribution in [3.8, 4) is 0 Å². The average Bonchev–Trinajstić information content (AvgIpc) is 2.09. The summed E-state index contributed by atoms with van der Waals surface area (Å²) in [6.07, 6.45) is 0. The van der Waals surface area contributed by atoms with Crippen molar-refractivity contribution in [1.29, 1.82) is 0 Å². The first-order chi connectivity index (χ1) is 6.15. The van der Waals surface area contributed by atoms with E-state index in [0.29, 0.717) is 18.2 Å². The molecular formula is C7H8BrCl2N3. The van der Waals surface area contributed by atoms with E-state index in [0.717, 1.165) is 10.2 Å². The van der Waals surface area contributed by atoms with E-state index in [9.17, 15) is 0 Å². The Hall–Kier alpha value is -0.0600. The normalized spacial score (nSPS) is 10.2. The number of hydrogen-bond donors (Lipinski definition) is 1. The molecule has 0 saturated heterocycles. The summed E-state index contributed by atoms with van der Waals surface area (Å²) in [5.74, 6) is 1.20. The van der Waals surface area contributed by atoms with Crippen LogP contribution >= 0.6 is 39.1 Å². The topological polar surface area (TPSA) is 37.8 Å². The van der Waals surface area contributed by atoms with Crippen LogP contribution in [0.25, 0.3) is 0 Å². The number of hydrogen-bond acceptors (Lipinski definition) is 3. The Morgan fingerprint density at radius 3 is 2.77 bits per heavy atom. The van der Waals surface area contributed by atoms with Gasteiger partial charge in [-0.05, 0) is 34.5 Å². The van der Waals surface area contributed by atoms with E-state index in [2.05, 4.69) is 31.2 Å². The van der Waals surface area contributed by atoms with Crippen molar-refractivity contribution < 1.29 is 0 Å². The highest BCUT2D eigenvalue weighted by atomic mass is 79.9. The maximum atomic E-state index is 5.68. The van der Waals surface area contributed by atoms with E-state index >= 15 is 0 Å². The molecule has 3 nitrogen and oxygen atoms in total. The Kier molecular flexibility index (Phi) is 4.22. The number of halogens is 3. The first kappa shape index (κ1) is 11.0. The van der Waals surface area contributed by atoms with Gasteiger partial charge in [0.25, 0.3) is 0 Å². The molecule has 0 atom stereocenters. The molecule has 0 aliphatic heterocycles. The first-order valence-electron chi connectivity index (χ1n) is 3.64. The predicted octanol–water partition coefficient (Wildman–Crippen LogP) is 2.85. The molecule has 0 aromatic carbocycles. The molecule has 0 bridgehead atoms. The maximum Gasteiger partial charge on any atom is 0.224 e. The van der Waals surface area contributed by atoms with Gasteiger partial charge in [-0.3, -0.25) is 0 Å². The van der Waals surface area contributed by atoms with Gasteiger partial charge in [-0.25, -0.2) is 4.98 Å². The number of rotatable bonds is 3. The fraction of sp³-hybridized carbons (Fsp3) is 0.429. The Morgan fingerprint density at radius 1 is 1.46 bits per heavy atom. The van der Waals surface area contributed by atoms with E-state index < -0.39 is 0 Å². The summed E-state index contributed by atoms with van der Waals surface area (Å²) in [5.41, 5.74) is 0.803. The molecular weight excluding hydrogens is 277 g/mol. The highest BCUT2D eigenvalue weighted by molar-refractivity contribution is 9.10. The molecule has 1 heterocycles. The van der Waals surface area contributed by atoms with Gasteiger partial charge in [-0.2, -0.15) is 4.98 Å². The van der Waals surface area contributed by atoms with Crippen LogP contribution in [0.15, 0.2) is 4.47 Å². The summed E-state index contributed by atoms with van der Waals surface area (Å²) in [5, 5.41) is 3.26. The number of aromatic nitrogens is 2. The molecule has 1 aromatic heterocycles. The van der Waals surface area contributed by atoms with E-state index in [1.807, 2.05) is 6.92 Å². The van der Waals surface area contributed by atoms with Crippen LogP contribution in [0.3, 0.4) is 0 Å². The van der Waals surface area contributed by atoms with Crippen molar-refractivity contribution in [2.45, 2.75) is 6.92 Å². The second kappa shape index (κ2) is 4.98. The SMILES string of the molecule is Cc1nc(Cl)nc(NCCCl)c1Br.